The number of carboxylic acid groups (broad SMARTS) is 1. The maximum absolute atomic E-state index is 12.0. The van der Waals surface area contributed by atoms with Gasteiger partial charge in [-0.3, -0.25) is 14.9 Å². The lowest BCUT2D eigenvalue weighted by molar-refractivity contribution is -0.140. The Morgan fingerprint density at radius 1 is 1.27 bits per heavy atom. The van der Waals surface area contributed by atoms with Crippen LogP contribution in [0.25, 0.3) is 0 Å². The topological polar surface area (TPSA) is 87.7 Å². The maximum Gasteiger partial charge on any atom is 0.320 e. The van der Waals surface area contributed by atoms with Crippen LogP contribution in [0, 0.1) is 5.92 Å². The van der Waals surface area contributed by atoms with Crippen LogP contribution in [0.5, 0.6) is 5.75 Å². The molecule has 1 aromatic rings. The third-order valence-electron chi connectivity index (χ3n) is 3.42. The van der Waals surface area contributed by atoms with Gasteiger partial charge in [-0.25, -0.2) is 0 Å². The number of anilines is 1. The van der Waals surface area contributed by atoms with Gasteiger partial charge in [0.2, 0.25) is 5.91 Å². The molecule has 3 N–H and O–H groups in total. The van der Waals surface area contributed by atoms with E-state index in [4.69, 9.17) is 4.74 Å². The fourth-order valence-electron chi connectivity index (χ4n) is 2.02. The van der Waals surface area contributed by atoms with Gasteiger partial charge in [-0.1, -0.05) is 32.4 Å². The zero-order valence-electron chi connectivity index (χ0n) is 13.3. The van der Waals surface area contributed by atoms with Gasteiger partial charge in [0.05, 0.1) is 18.8 Å². The molecule has 1 rings (SSSR count). The normalized spacial score (nSPS) is 13.2. The van der Waals surface area contributed by atoms with Gasteiger partial charge < -0.3 is 15.2 Å². The van der Waals surface area contributed by atoms with Crippen LogP contribution in [-0.4, -0.2) is 36.2 Å². The number of nitrogens with one attached hydrogen (secondary N) is 2. The van der Waals surface area contributed by atoms with Gasteiger partial charge in [-0.2, -0.15) is 0 Å². The van der Waals surface area contributed by atoms with Crippen molar-refractivity contribution in [1.29, 1.82) is 0 Å². The number of carbonyl (C=O) groups excluding carboxylic acids is 1. The van der Waals surface area contributed by atoms with Gasteiger partial charge in [0.1, 0.15) is 11.8 Å². The van der Waals surface area contributed by atoms with Crippen LogP contribution in [0.15, 0.2) is 24.3 Å². The molecule has 0 aromatic heterocycles. The first-order valence-corrected chi connectivity index (χ1v) is 7.47. The van der Waals surface area contributed by atoms with Gasteiger partial charge in [-0.05, 0) is 25.0 Å². The van der Waals surface area contributed by atoms with E-state index in [1.807, 2.05) is 26.8 Å². The number of benzene rings is 1. The summed E-state index contributed by atoms with van der Waals surface area (Å²) >= 11 is 0. The van der Waals surface area contributed by atoms with Crippen LogP contribution < -0.4 is 15.4 Å². The molecule has 0 aliphatic heterocycles. The smallest absolute Gasteiger partial charge is 0.320 e. The van der Waals surface area contributed by atoms with Gasteiger partial charge >= 0.3 is 5.97 Å². The number of amides is 1. The second kappa shape index (κ2) is 9.04. The predicted octanol–water partition coefficient (Wildman–Crippen LogP) is 2.11. The number of carbonyl (C=O) groups is 2. The van der Waals surface area contributed by atoms with E-state index < -0.39 is 12.0 Å². The summed E-state index contributed by atoms with van der Waals surface area (Å²) in [4.78, 5) is 23.2. The van der Waals surface area contributed by atoms with Crippen molar-refractivity contribution in [1.82, 2.24) is 5.32 Å². The molecule has 1 amide bonds. The van der Waals surface area contributed by atoms with Crippen LogP contribution in [0.3, 0.4) is 0 Å². The summed E-state index contributed by atoms with van der Waals surface area (Å²) in [7, 11) is 0. The Bertz CT molecular complexity index is 505. The fraction of sp³-hybridized carbons (Fsp3) is 0.500. The molecule has 0 aliphatic carbocycles. The summed E-state index contributed by atoms with van der Waals surface area (Å²) in [5, 5.41) is 14.7. The summed E-state index contributed by atoms with van der Waals surface area (Å²) in [6, 6.07) is 6.39. The highest BCUT2D eigenvalue weighted by Crippen LogP contribution is 2.23. The molecular weight excluding hydrogens is 284 g/mol. The molecule has 0 fully saturated rings. The number of ether oxygens (including phenoxy) is 1. The lowest BCUT2D eigenvalue weighted by atomic mass is 9.99. The number of hydrogen-bond donors (Lipinski definition) is 3. The van der Waals surface area contributed by atoms with Crippen molar-refractivity contribution in [3.63, 3.8) is 0 Å². The molecule has 0 radical (unpaired) electrons. The van der Waals surface area contributed by atoms with E-state index >= 15 is 0 Å². The van der Waals surface area contributed by atoms with Crippen LogP contribution in [0.2, 0.25) is 0 Å². The molecule has 2 atom stereocenters. The van der Waals surface area contributed by atoms with Gasteiger partial charge in [-0.15, -0.1) is 0 Å². The predicted molar refractivity (Wildman–Crippen MR) is 85.1 cm³/mol. The van der Waals surface area contributed by atoms with Crippen molar-refractivity contribution in [2.75, 3.05) is 18.5 Å². The van der Waals surface area contributed by atoms with Crippen LogP contribution >= 0.6 is 0 Å². The summed E-state index contributed by atoms with van der Waals surface area (Å²) < 4.78 is 5.43. The van der Waals surface area contributed by atoms with E-state index in [0.29, 0.717) is 18.0 Å². The summed E-state index contributed by atoms with van der Waals surface area (Å²) in [6.07, 6.45) is 0.721. The van der Waals surface area contributed by atoms with Crippen molar-refractivity contribution >= 4 is 17.6 Å². The molecule has 122 valence electrons. The van der Waals surface area contributed by atoms with E-state index in [0.717, 1.165) is 6.42 Å². The molecule has 0 unspecified atom stereocenters. The Labute approximate surface area is 130 Å². The minimum Gasteiger partial charge on any atom is -0.492 e. The van der Waals surface area contributed by atoms with Crippen LogP contribution in [0.1, 0.15) is 27.2 Å². The average molecular weight is 308 g/mol. The molecule has 0 heterocycles. The summed E-state index contributed by atoms with van der Waals surface area (Å²) in [5.41, 5.74) is 0.576. The first-order chi connectivity index (χ1) is 10.5. The van der Waals surface area contributed by atoms with Crippen molar-refractivity contribution in [2.45, 2.75) is 33.2 Å². The highest BCUT2D eigenvalue weighted by molar-refractivity contribution is 5.94. The molecule has 0 saturated carbocycles. The monoisotopic (exact) mass is 308 g/mol. The lowest BCUT2D eigenvalue weighted by Crippen LogP contribution is -2.45. The largest absolute Gasteiger partial charge is 0.492 e. The number of aliphatic carboxylic acids is 1. The Morgan fingerprint density at radius 2 is 1.95 bits per heavy atom. The van der Waals surface area contributed by atoms with E-state index in [1.165, 1.54) is 0 Å². The molecule has 6 nitrogen and oxygen atoms in total. The summed E-state index contributed by atoms with van der Waals surface area (Å²) in [6.45, 7) is 6.06. The third kappa shape index (κ3) is 5.37. The van der Waals surface area contributed by atoms with E-state index in [2.05, 4.69) is 10.6 Å². The second-order valence-corrected chi connectivity index (χ2v) is 5.06. The van der Waals surface area contributed by atoms with Crippen LogP contribution in [-0.2, 0) is 9.59 Å². The quantitative estimate of drug-likeness (QED) is 0.650. The first kappa shape index (κ1) is 18.0. The summed E-state index contributed by atoms with van der Waals surface area (Å²) in [5.74, 6) is -0.713. The average Bonchev–Trinajstić information content (AvgIpc) is 2.49. The first-order valence-electron chi connectivity index (χ1n) is 7.47. The highest BCUT2D eigenvalue weighted by atomic mass is 16.5. The maximum atomic E-state index is 12.0. The van der Waals surface area contributed by atoms with Crippen molar-refractivity contribution < 1.29 is 19.4 Å². The van der Waals surface area contributed by atoms with E-state index in [1.54, 1.807) is 18.2 Å². The Balaban J connectivity index is 2.61. The number of hydrogen-bond acceptors (Lipinski definition) is 4. The van der Waals surface area contributed by atoms with Gasteiger partial charge in [0.15, 0.2) is 0 Å². The molecule has 22 heavy (non-hydrogen) atoms. The molecular formula is C16H24N2O4. The lowest BCUT2D eigenvalue weighted by Gasteiger charge is -2.20. The molecule has 0 aliphatic rings. The van der Waals surface area contributed by atoms with Crippen molar-refractivity contribution in [3.8, 4) is 5.75 Å². The highest BCUT2D eigenvalue weighted by Gasteiger charge is 2.23. The molecule has 1 aromatic carbocycles. The number of para-hydroxylation sites is 2. The van der Waals surface area contributed by atoms with Crippen molar-refractivity contribution in [3.05, 3.63) is 24.3 Å². The standard InChI is InChI=1S/C16H24N2O4/c1-4-11(3)15(16(20)21)17-10-14(19)18-12-8-6-7-9-13(12)22-5-2/h6-9,11,15,17H,4-5,10H2,1-3H3,(H,18,19)(H,20,21)/t11-,15-/m0/s1. The number of rotatable bonds is 9. The zero-order valence-corrected chi connectivity index (χ0v) is 13.3. The Morgan fingerprint density at radius 3 is 2.55 bits per heavy atom. The second-order valence-electron chi connectivity index (χ2n) is 5.06. The Kier molecular flexibility index (Phi) is 7.39. The third-order valence-corrected chi connectivity index (χ3v) is 3.42. The Hall–Kier alpha value is -2.08. The molecule has 0 bridgehead atoms. The zero-order chi connectivity index (χ0) is 16.5. The van der Waals surface area contributed by atoms with E-state index in [9.17, 15) is 14.7 Å². The number of carboxylic acids is 1. The van der Waals surface area contributed by atoms with Gasteiger partial charge in [0.25, 0.3) is 0 Å². The SMILES string of the molecule is CCOc1ccccc1NC(=O)CN[C@H](C(=O)O)[C@@H](C)CC. The molecule has 0 saturated heterocycles. The van der Waals surface area contributed by atoms with Crippen molar-refractivity contribution in [2.24, 2.45) is 5.92 Å². The van der Waals surface area contributed by atoms with E-state index in [-0.39, 0.29) is 18.4 Å². The molecule has 0 spiro atoms. The fourth-order valence-corrected chi connectivity index (χ4v) is 2.02. The minimum atomic E-state index is -0.947. The molecule has 6 heteroatoms. The van der Waals surface area contributed by atoms with Gasteiger partial charge in [0, 0.05) is 0 Å². The minimum absolute atomic E-state index is 0.0546. The van der Waals surface area contributed by atoms with Crippen LogP contribution in [0.4, 0.5) is 5.69 Å².